The van der Waals surface area contributed by atoms with Crippen LogP contribution in [-0.2, 0) is 5.75 Å². The molecule has 0 bridgehead atoms. The maximum Gasteiger partial charge on any atom is 0.144 e. The number of anilines is 1. The van der Waals surface area contributed by atoms with Crippen molar-refractivity contribution < 1.29 is 0 Å². The van der Waals surface area contributed by atoms with Crippen molar-refractivity contribution in [1.29, 1.82) is 0 Å². The van der Waals surface area contributed by atoms with Gasteiger partial charge in [0.2, 0.25) is 0 Å². The highest BCUT2D eigenvalue weighted by atomic mass is 32.2. The summed E-state index contributed by atoms with van der Waals surface area (Å²) in [5, 5.41) is 4.08. The number of nitrogens with zero attached hydrogens (tertiary/aromatic N) is 2. The Hall–Kier alpha value is -0.770. The van der Waals surface area contributed by atoms with Gasteiger partial charge in [-0.2, -0.15) is 11.8 Å². The van der Waals surface area contributed by atoms with Gasteiger partial charge < -0.3 is 5.32 Å². The third-order valence-corrected chi connectivity index (χ3v) is 4.98. The van der Waals surface area contributed by atoms with Gasteiger partial charge in [0.1, 0.15) is 5.82 Å². The fourth-order valence-electron chi connectivity index (χ4n) is 2.51. The number of hydrogen-bond acceptors (Lipinski definition) is 4. The second-order valence-corrected chi connectivity index (χ2v) is 6.81. The van der Waals surface area contributed by atoms with Crippen molar-refractivity contribution in [2.75, 3.05) is 11.9 Å². The van der Waals surface area contributed by atoms with Gasteiger partial charge in [0.15, 0.2) is 0 Å². The number of aromatic nitrogens is 2. The minimum Gasteiger partial charge on any atom is -0.369 e. The fourth-order valence-corrected chi connectivity index (χ4v) is 3.86. The molecule has 1 aliphatic rings. The third kappa shape index (κ3) is 5.01. The smallest absolute Gasteiger partial charge is 0.144 e. The molecule has 2 unspecified atom stereocenters. The first kappa shape index (κ1) is 14.6. The Balaban J connectivity index is 1.76. The highest BCUT2D eigenvalue weighted by Gasteiger charge is 2.19. The molecule has 2 rings (SSSR count). The van der Waals surface area contributed by atoms with Gasteiger partial charge in [-0.15, -0.1) is 0 Å². The molecule has 0 amide bonds. The van der Waals surface area contributed by atoms with E-state index in [9.17, 15) is 0 Å². The van der Waals surface area contributed by atoms with Crippen LogP contribution in [0.25, 0.3) is 0 Å². The van der Waals surface area contributed by atoms with Crippen molar-refractivity contribution in [1.82, 2.24) is 9.97 Å². The largest absolute Gasteiger partial charge is 0.369 e. The second kappa shape index (κ2) is 7.73. The number of thioether (sulfide) groups is 1. The van der Waals surface area contributed by atoms with Crippen LogP contribution in [0, 0.1) is 5.92 Å². The summed E-state index contributed by atoms with van der Waals surface area (Å²) in [4.78, 5) is 8.90. The summed E-state index contributed by atoms with van der Waals surface area (Å²) in [6.07, 6.45) is 10.4. The Morgan fingerprint density at radius 1 is 1.32 bits per heavy atom. The third-order valence-electron chi connectivity index (χ3n) is 3.62. The molecular formula is C15H25N3S. The van der Waals surface area contributed by atoms with E-state index in [4.69, 9.17) is 0 Å². The van der Waals surface area contributed by atoms with Crippen LogP contribution in [0.1, 0.15) is 51.6 Å². The van der Waals surface area contributed by atoms with Crippen molar-refractivity contribution in [3.05, 3.63) is 18.1 Å². The molecule has 1 heterocycles. The first-order chi connectivity index (χ1) is 9.28. The monoisotopic (exact) mass is 279 g/mol. The van der Waals surface area contributed by atoms with Crippen LogP contribution in [0.15, 0.2) is 12.4 Å². The maximum atomic E-state index is 4.49. The van der Waals surface area contributed by atoms with Crippen molar-refractivity contribution in [2.24, 2.45) is 5.92 Å². The molecule has 1 saturated carbocycles. The summed E-state index contributed by atoms with van der Waals surface area (Å²) < 4.78 is 0. The Morgan fingerprint density at radius 2 is 2.21 bits per heavy atom. The zero-order valence-electron chi connectivity index (χ0n) is 12.1. The van der Waals surface area contributed by atoms with E-state index in [0.717, 1.165) is 41.4 Å². The quantitative estimate of drug-likeness (QED) is 0.850. The topological polar surface area (TPSA) is 37.8 Å². The SMILES string of the molecule is CCCNc1cnc(CSC2CCCC(C)C2)cn1. The summed E-state index contributed by atoms with van der Waals surface area (Å²) in [6.45, 7) is 5.49. The average Bonchev–Trinajstić information content (AvgIpc) is 2.44. The lowest BCUT2D eigenvalue weighted by Gasteiger charge is -2.26. The fraction of sp³-hybridized carbons (Fsp3) is 0.733. The van der Waals surface area contributed by atoms with E-state index in [1.807, 2.05) is 12.4 Å². The molecular weight excluding hydrogens is 254 g/mol. The van der Waals surface area contributed by atoms with Crippen LogP contribution in [0.5, 0.6) is 0 Å². The van der Waals surface area contributed by atoms with Gasteiger partial charge in [0, 0.05) is 17.5 Å². The molecule has 0 aliphatic heterocycles. The molecule has 106 valence electrons. The van der Waals surface area contributed by atoms with Crippen molar-refractivity contribution in [2.45, 2.75) is 57.0 Å². The van der Waals surface area contributed by atoms with Gasteiger partial charge >= 0.3 is 0 Å². The molecule has 2 atom stereocenters. The molecule has 1 aliphatic carbocycles. The Morgan fingerprint density at radius 3 is 2.89 bits per heavy atom. The van der Waals surface area contributed by atoms with Crippen LogP contribution in [-0.4, -0.2) is 21.8 Å². The van der Waals surface area contributed by atoms with Crippen LogP contribution in [0.4, 0.5) is 5.82 Å². The number of hydrogen-bond donors (Lipinski definition) is 1. The Bertz CT molecular complexity index is 366. The molecule has 3 nitrogen and oxygen atoms in total. The molecule has 1 fully saturated rings. The van der Waals surface area contributed by atoms with E-state index < -0.39 is 0 Å². The molecule has 0 spiro atoms. The number of rotatable bonds is 6. The Kier molecular flexibility index (Phi) is 5.95. The van der Waals surface area contributed by atoms with E-state index in [-0.39, 0.29) is 0 Å². The zero-order valence-corrected chi connectivity index (χ0v) is 12.9. The zero-order chi connectivity index (χ0) is 13.5. The molecule has 0 saturated heterocycles. The van der Waals surface area contributed by atoms with E-state index in [2.05, 4.69) is 40.9 Å². The van der Waals surface area contributed by atoms with Gasteiger partial charge in [0.05, 0.1) is 18.1 Å². The average molecular weight is 279 g/mol. The van der Waals surface area contributed by atoms with Crippen molar-refractivity contribution >= 4 is 17.6 Å². The molecule has 4 heteroatoms. The van der Waals surface area contributed by atoms with Gasteiger partial charge in [-0.25, -0.2) is 4.98 Å². The van der Waals surface area contributed by atoms with Crippen LogP contribution < -0.4 is 5.32 Å². The van der Waals surface area contributed by atoms with Gasteiger partial charge in [-0.05, 0) is 25.2 Å². The standard InChI is InChI=1S/C15H25N3S/c1-3-7-16-15-10-17-13(9-18-15)11-19-14-6-4-5-12(2)8-14/h9-10,12,14H,3-8,11H2,1-2H3,(H,16,18). The first-order valence-corrected chi connectivity index (χ1v) is 8.49. The predicted octanol–water partition coefficient (Wildman–Crippen LogP) is 4.11. The Labute approximate surface area is 121 Å². The van der Waals surface area contributed by atoms with Gasteiger partial charge in [-0.3, -0.25) is 4.98 Å². The van der Waals surface area contributed by atoms with Crippen LogP contribution in [0.2, 0.25) is 0 Å². The van der Waals surface area contributed by atoms with Gasteiger partial charge in [-0.1, -0.05) is 26.7 Å². The minimum atomic E-state index is 0.823. The van der Waals surface area contributed by atoms with E-state index >= 15 is 0 Å². The lowest BCUT2D eigenvalue weighted by atomic mass is 9.91. The maximum absolute atomic E-state index is 4.49. The number of nitrogens with one attached hydrogen (secondary N) is 1. The normalized spacial score (nSPS) is 23.3. The molecule has 1 aromatic rings. The van der Waals surface area contributed by atoms with E-state index in [0.29, 0.717) is 0 Å². The second-order valence-electron chi connectivity index (χ2n) is 5.52. The lowest BCUT2D eigenvalue weighted by molar-refractivity contribution is 0.394. The molecule has 1 aromatic heterocycles. The van der Waals surface area contributed by atoms with Crippen molar-refractivity contribution in [3.63, 3.8) is 0 Å². The van der Waals surface area contributed by atoms with E-state index in [1.165, 1.54) is 25.7 Å². The minimum absolute atomic E-state index is 0.823. The summed E-state index contributed by atoms with van der Waals surface area (Å²) >= 11 is 2.06. The van der Waals surface area contributed by atoms with Crippen LogP contribution in [0.3, 0.4) is 0 Å². The van der Waals surface area contributed by atoms with E-state index in [1.54, 1.807) is 0 Å². The first-order valence-electron chi connectivity index (χ1n) is 7.44. The predicted molar refractivity (Wildman–Crippen MR) is 83.5 cm³/mol. The van der Waals surface area contributed by atoms with Gasteiger partial charge in [0.25, 0.3) is 0 Å². The summed E-state index contributed by atoms with van der Waals surface area (Å²) in [5.74, 6) is 2.79. The summed E-state index contributed by atoms with van der Waals surface area (Å²) in [6, 6.07) is 0. The molecule has 1 N–H and O–H groups in total. The van der Waals surface area contributed by atoms with Crippen molar-refractivity contribution in [3.8, 4) is 0 Å². The summed E-state index contributed by atoms with van der Waals surface area (Å²) in [7, 11) is 0. The lowest BCUT2D eigenvalue weighted by Crippen LogP contribution is -2.15. The molecule has 0 radical (unpaired) electrons. The highest BCUT2D eigenvalue weighted by Crippen LogP contribution is 2.33. The molecule has 0 aromatic carbocycles. The molecule has 19 heavy (non-hydrogen) atoms. The highest BCUT2D eigenvalue weighted by molar-refractivity contribution is 7.99. The summed E-state index contributed by atoms with van der Waals surface area (Å²) in [5.41, 5.74) is 1.10. The van der Waals surface area contributed by atoms with Crippen LogP contribution >= 0.6 is 11.8 Å².